The van der Waals surface area contributed by atoms with Crippen molar-refractivity contribution in [2.45, 2.75) is 123 Å². The summed E-state index contributed by atoms with van der Waals surface area (Å²) in [7, 11) is 4.14. The molecule has 10 heteroatoms. The number of carbonyl (C=O) groups excluding carboxylic acids is 1. The summed E-state index contributed by atoms with van der Waals surface area (Å²) in [6, 6.07) is 30.2. The number of rotatable bonds is 9. The third kappa shape index (κ3) is 10.1. The lowest BCUT2D eigenvalue weighted by molar-refractivity contribution is -0.0354. The van der Waals surface area contributed by atoms with Crippen LogP contribution in [-0.4, -0.2) is 104 Å². The first-order chi connectivity index (χ1) is 32.0. The number of anilines is 1. The largest absolute Gasteiger partial charge is 0.491 e. The number of ether oxygens (including phenoxy) is 2. The van der Waals surface area contributed by atoms with Crippen LogP contribution in [0.3, 0.4) is 0 Å². The van der Waals surface area contributed by atoms with Gasteiger partial charge in [-0.3, -0.25) is 9.80 Å². The zero-order valence-electron chi connectivity index (χ0n) is 41.4. The fraction of sp³-hybridized carbons (Fsp3) is 0.544. The van der Waals surface area contributed by atoms with Crippen LogP contribution in [0.2, 0.25) is 0 Å². The van der Waals surface area contributed by atoms with Crippen molar-refractivity contribution in [3.05, 3.63) is 107 Å². The van der Waals surface area contributed by atoms with Gasteiger partial charge in [-0.2, -0.15) is 0 Å². The fourth-order valence-corrected chi connectivity index (χ4v) is 12.4. The summed E-state index contributed by atoms with van der Waals surface area (Å²) in [5.74, 6) is 1.88. The molecule has 358 valence electrons. The Hall–Kier alpha value is -5.06. The molecule has 2 aliphatic carbocycles. The Bertz CT molecular complexity index is 2410. The van der Waals surface area contributed by atoms with E-state index in [0.717, 1.165) is 108 Å². The van der Waals surface area contributed by atoms with Crippen molar-refractivity contribution in [3.63, 3.8) is 0 Å². The lowest BCUT2D eigenvalue weighted by Gasteiger charge is -2.54. The lowest BCUT2D eigenvalue weighted by Crippen LogP contribution is -2.61. The molecule has 0 saturated carbocycles. The summed E-state index contributed by atoms with van der Waals surface area (Å²) >= 11 is 0. The number of amides is 2. The predicted molar refractivity (Wildman–Crippen MR) is 269 cm³/mol. The van der Waals surface area contributed by atoms with Crippen molar-refractivity contribution >= 4 is 17.9 Å². The zero-order chi connectivity index (χ0) is 47.2. The van der Waals surface area contributed by atoms with Crippen molar-refractivity contribution < 1.29 is 24.2 Å². The number of fused-ring (bicyclic) bond motifs is 8. The highest BCUT2D eigenvalue weighted by Gasteiger charge is 2.49. The average molecular weight is 910 g/mol. The molecule has 2 amide bonds. The van der Waals surface area contributed by atoms with Crippen LogP contribution >= 0.6 is 0 Å². The number of piperidine rings is 6. The van der Waals surface area contributed by atoms with Gasteiger partial charge in [0.1, 0.15) is 11.9 Å². The number of aryl methyl sites for hydroxylation is 2. The summed E-state index contributed by atoms with van der Waals surface area (Å²) in [6.07, 6.45) is 7.67. The summed E-state index contributed by atoms with van der Waals surface area (Å²) in [5, 5.41) is 13.8. The number of nitrogens with zero attached hydrogens (tertiary/aromatic N) is 4. The van der Waals surface area contributed by atoms with E-state index in [1.54, 1.807) is 0 Å². The van der Waals surface area contributed by atoms with Gasteiger partial charge in [-0.1, -0.05) is 88.4 Å². The Morgan fingerprint density at radius 1 is 0.701 bits per heavy atom. The highest BCUT2D eigenvalue weighted by Crippen LogP contribution is 2.51. The maximum absolute atomic E-state index is 13.0. The normalized spacial score (nSPS) is 27.4. The quantitative estimate of drug-likeness (QED) is 0.171. The molecule has 4 aromatic carbocycles. The highest BCUT2D eigenvalue weighted by atomic mass is 16.6. The molecule has 12 rings (SSSR count). The molecule has 2 unspecified atom stereocenters. The van der Waals surface area contributed by atoms with Crippen LogP contribution in [-0.2, 0) is 17.6 Å². The van der Waals surface area contributed by atoms with E-state index >= 15 is 0 Å². The number of carbonyl (C=O) groups is 2. The highest BCUT2D eigenvalue weighted by molar-refractivity contribution is 5.72. The number of benzene rings is 4. The fourth-order valence-electron chi connectivity index (χ4n) is 12.4. The smallest absolute Gasteiger partial charge is 0.408 e. The maximum atomic E-state index is 13.0. The van der Waals surface area contributed by atoms with E-state index in [4.69, 9.17) is 9.47 Å². The van der Waals surface area contributed by atoms with Crippen LogP contribution in [0.5, 0.6) is 5.75 Å². The molecule has 6 fully saturated rings. The van der Waals surface area contributed by atoms with Crippen molar-refractivity contribution in [2.24, 2.45) is 22.7 Å². The van der Waals surface area contributed by atoms with E-state index < -0.39 is 6.09 Å². The molecule has 4 atom stereocenters. The summed E-state index contributed by atoms with van der Waals surface area (Å²) in [4.78, 5) is 34.6. The molecular weight excluding hydrogens is 835 g/mol. The summed E-state index contributed by atoms with van der Waals surface area (Å²) in [6.45, 7) is 19.4. The van der Waals surface area contributed by atoms with Crippen molar-refractivity contribution in [2.75, 3.05) is 58.3 Å². The number of hydrogen-bond donors (Lipinski definition) is 2. The first-order valence-electron chi connectivity index (χ1n) is 25.3. The van der Waals surface area contributed by atoms with Crippen LogP contribution in [0, 0.1) is 22.7 Å². The summed E-state index contributed by atoms with van der Waals surface area (Å²) < 4.78 is 11.9. The van der Waals surface area contributed by atoms with Gasteiger partial charge < -0.3 is 29.7 Å². The standard InChI is InChI=1S/C29H38N2O3.C28H37N3O2/c1-19(2)34-24-7-5-6-21(17-24)22-8-9-25-23(16-22)10-13-29(3,4)27(25)31(28(32)33)26-18-30-14-11-20(26)12-15-30;1-28(2)13-10-22-16-21(20-6-5-7-23(17-20)30(3)4)8-9-24(22)26(28)29-27(32)33-25-18-31-14-11-19(25)12-15-31/h5-9,16-17,19-20,26-27H,10-15,18H2,1-4H3,(H,32,33);5-9,16-17,19,25-26H,10-15,18H2,1-4H3,(H,29,32)/t26?,27-;25-,26?/m10/s1. The van der Waals surface area contributed by atoms with Gasteiger partial charge in [0.05, 0.1) is 24.2 Å². The van der Waals surface area contributed by atoms with Crippen LogP contribution < -0.4 is 15.0 Å². The van der Waals surface area contributed by atoms with Crippen LogP contribution in [0.15, 0.2) is 84.9 Å². The second-order valence-electron chi connectivity index (χ2n) is 22.4. The number of hydrogen-bond acceptors (Lipinski definition) is 7. The second-order valence-corrected chi connectivity index (χ2v) is 22.4. The third-order valence-corrected chi connectivity index (χ3v) is 16.3. The Labute approximate surface area is 400 Å². The maximum Gasteiger partial charge on any atom is 0.408 e. The van der Waals surface area contributed by atoms with Gasteiger partial charge in [-0.05, 0) is 183 Å². The molecule has 6 heterocycles. The molecular formula is C57H75N5O5. The van der Waals surface area contributed by atoms with Crippen LogP contribution in [0.25, 0.3) is 22.3 Å². The molecule has 8 aliphatic rings. The van der Waals surface area contributed by atoms with E-state index in [9.17, 15) is 14.7 Å². The third-order valence-electron chi connectivity index (χ3n) is 16.3. The molecule has 0 aromatic heterocycles. The molecule has 4 aromatic rings. The minimum Gasteiger partial charge on any atom is -0.491 e. The first-order valence-corrected chi connectivity index (χ1v) is 25.3. The Balaban J connectivity index is 0.000000168. The SMILES string of the molecule is CC(C)Oc1cccc(-c2ccc3c(c2)CCC(C)(C)[C@@H]3N(C(=O)O)C2CN3CCC2CC3)c1.CN(C)c1cccc(-c2ccc3c(c2)CCC(C)(C)C3NC(=O)O[C@H]2CN3CCC2CC3)c1. The molecule has 2 N–H and O–H groups in total. The van der Waals surface area contributed by atoms with Crippen LogP contribution in [0.4, 0.5) is 15.3 Å². The topological polar surface area (TPSA) is 97.8 Å². The van der Waals surface area contributed by atoms with E-state index in [1.807, 2.05) is 30.9 Å². The monoisotopic (exact) mass is 910 g/mol. The zero-order valence-corrected chi connectivity index (χ0v) is 41.4. The second kappa shape index (κ2) is 19.1. The van der Waals surface area contributed by atoms with E-state index in [2.05, 4.69) is 135 Å². The van der Waals surface area contributed by atoms with Gasteiger partial charge in [0, 0.05) is 32.9 Å². The van der Waals surface area contributed by atoms with Gasteiger partial charge in [-0.15, -0.1) is 0 Å². The Morgan fingerprint density at radius 2 is 1.27 bits per heavy atom. The number of nitrogens with one attached hydrogen (secondary N) is 1. The average Bonchev–Trinajstić information content (AvgIpc) is 3.31. The minimum atomic E-state index is -0.771. The molecule has 6 aliphatic heterocycles. The lowest BCUT2D eigenvalue weighted by atomic mass is 9.68. The van der Waals surface area contributed by atoms with Crippen molar-refractivity contribution in [1.29, 1.82) is 0 Å². The minimum absolute atomic E-state index is 0.0204. The first kappa shape index (κ1) is 47.0. The number of alkyl carbamates (subject to hydrolysis) is 1. The van der Waals surface area contributed by atoms with Gasteiger partial charge in [0.25, 0.3) is 0 Å². The van der Waals surface area contributed by atoms with Gasteiger partial charge in [0.2, 0.25) is 0 Å². The molecule has 10 nitrogen and oxygen atoms in total. The van der Waals surface area contributed by atoms with Gasteiger partial charge in [0.15, 0.2) is 0 Å². The van der Waals surface area contributed by atoms with Crippen molar-refractivity contribution in [3.8, 4) is 28.0 Å². The van der Waals surface area contributed by atoms with E-state index in [1.165, 1.54) is 39.1 Å². The van der Waals surface area contributed by atoms with Crippen LogP contribution in [0.1, 0.15) is 114 Å². The Morgan fingerprint density at radius 3 is 1.85 bits per heavy atom. The number of carboxylic acid groups (broad SMARTS) is 1. The van der Waals surface area contributed by atoms with Gasteiger partial charge >= 0.3 is 12.2 Å². The predicted octanol–water partition coefficient (Wildman–Crippen LogP) is 11.5. The van der Waals surface area contributed by atoms with E-state index in [-0.39, 0.29) is 47.3 Å². The molecule has 67 heavy (non-hydrogen) atoms. The van der Waals surface area contributed by atoms with Gasteiger partial charge in [-0.25, -0.2) is 9.59 Å². The molecule has 0 spiro atoms. The molecule has 0 radical (unpaired) electrons. The molecule has 4 bridgehead atoms. The van der Waals surface area contributed by atoms with Crippen molar-refractivity contribution in [1.82, 2.24) is 20.0 Å². The van der Waals surface area contributed by atoms with E-state index in [0.29, 0.717) is 11.8 Å². The Kier molecular flexibility index (Phi) is 13.4. The summed E-state index contributed by atoms with van der Waals surface area (Å²) in [5.41, 5.74) is 10.8. The molecule has 6 saturated heterocycles.